The Morgan fingerprint density at radius 1 is 1.11 bits per heavy atom. The van der Waals surface area contributed by atoms with E-state index in [1.54, 1.807) is 25.3 Å². The fourth-order valence-electron chi connectivity index (χ4n) is 4.36. The summed E-state index contributed by atoms with van der Waals surface area (Å²) < 4.78 is 48.1. The Bertz CT molecular complexity index is 1510. The van der Waals surface area contributed by atoms with Crippen LogP contribution in [0.2, 0.25) is 0 Å². The molecule has 1 aliphatic rings. The lowest BCUT2D eigenvalue weighted by molar-refractivity contribution is 0.0357. The van der Waals surface area contributed by atoms with Gasteiger partial charge in [-0.1, -0.05) is 0 Å². The highest BCUT2D eigenvalue weighted by Gasteiger charge is 2.17. The second kappa shape index (κ2) is 12.1. The average molecular weight is 564 g/mol. The SMILES string of the molecule is CNS(=O)(=O)Oc1ccc2[nH]cc(-c3ncnc4cc(OCCCN5CCOCC5)c(OC)cc34)c2c1.Cl. The van der Waals surface area contributed by atoms with Gasteiger partial charge < -0.3 is 23.4 Å². The highest BCUT2D eigenvalue weighted by atomic mass is 35.5. The molecular formula is C25H30ClN5O6S. The molecule has 0 atom stereocenters. The van der Waals surface area contributed by atoms with Gasteiger partial charge in [-0.3, -0.25) is 4.90 Å². The van der Waals surface area contributed by atoms with Crippen LogP contribution in [0.15, 0.2) is 42.9 Å². The minimum atomic E-state index is -3.89. The second-order valence-electron chi connectivity index (χ2n) is 8.55. The fraction of sp³-hybridized carbons (Fsp3) is 0.360. The third-order valence-electron chi connectivity index (χ3n) is 6.26. The van der Waals surface area contributed by atoms with Gasteiger partial charge in [-0.25, -0.2) is 9.97 Å². The van der Waals surface area contributed by atoms with Crippen LogP contribution in [0, 0.1) is 0 Å². The molecule has 2 N–H and O–H groups in total. The predicted octanol–water partition coefficient (Wildman–Crippen LogP) is 3.15. The van der Waals surface area contributed by atoms with E-state index in [-0.39, 0.29) is 18.2 Å². The summed E-state index contributed by atoms with van der Waals surface area (Å²) in [5.74, 6) is 1.39. The largest absolute Gasteiger partial charge is 0.493 e. The molecule has 11 nitrogen and oxygen atoms in total. The maximum atomic E-state index is 11.9. The van der Waals surface area contributed by atoms with E-state index in [1.165, 1.54) is 13.4 Å². The first kappa shape index (κ1) is 27.9. The zero-order valence-electron chi connectivity index (χ0n) is 21.1. The van der Waals surface area contributed by atoms with Crippen molar-refractivity contribution in [2.75, 3.05) is 53.6 Å². The van der Waals surface area contributed by atoms with Crippen molar-refractivity contribution in [1.82, 2.24) is 24.6 Å². The van der Waals surface area contributed by atoms with Gasteiger partial charge in [0.2, 0.25) is 0 Å². The Balaban J connectivity index is 0.00000336. The van der Waals surface area contributed by atoms with Crippen molar-refractivity contribution in [1.29, 1.82) is 0 Å². The van der Waals surface area contributed by atoms with Crippen LogP contribution in [0.1, 0.15) is 6.42 Å². The summed E-state index contributed by atoms with van der Waals surface area (Å²) in [5.41, 5.74) is 2.95. The zero-order chi connectivity index (χ0) is 25.8. The third-order valence-corrected chi connectivity index (χ3v) is 7.18. The molecule has 0 aliphatic carbocycles. The van der Waals surface area contributed by atoms with Gasteiger partial charge in [0.15, 0.2) is 11.5 Å². The van der Waals surface area contributed by atoms with Crippen LogP contribution in [0.5, 0.6) is 17.2 Å². The molecule has 0 bridgehead atoms. The molecule has 0 spiro atoms. The number of fused-ring (bicyclic) bond motifs is 2. The van der Waals surface area contributed by atoms with Gasteiger partial charge in [0.1, 0.15) is 12.1 Å². The van der Waals surface area contributed by atoms with Crippen molar-refractivity contribution in [2.45, 2.75) is 6.42 Å². The second-order valence-corrected chi connectivity index (χ2v) is 10.0. The van der Waals surface area contributed by atoms with E-state index >= 15 is 0 Å². The molecule has 0 radical (unpaired) electrons. The average Bonchev–Trinajstić information content (AvgIpc) is 3.33. The number of nitrogens with one attached hydrogen (secondary N) is 2. The van der Waals surface area contributed by atoms with Crippen molar-refractivity contribution in [2.24, 2.45) is 0 Å². The van der Waals surface area contributed by atoms with Gasteiger partial charge in [0.25, 0.3) is 0 Å². The third kappa shape index (κ3) is 6.11. The number of halogens is 1. The Morgan fingerprint density at radius 3 is 2.68 bits per heavy atom. The Morgan fingerprint density at radius 2 is 1.92 bits per heavy atom. The summed E-state index contributed by atoms with van der Waals surface area (Å²) in [6.07, 6.45) is 4.21. The topological polar surface area (TPSA) is 128 Å². The van der Waals surface area contributed by atoms with Gasteiger partial charge in [0.05, 0.1) is 38.1 Å². The lowest BCUT2D eigenvalue weighted by atomic mass is 10.0. The van der Waals surface area contributed by atoms with Gasteiger partial charge in [-0.2, -0.15) is 13.1 Å². The normalized spacial score (nSPS) is 14.4. The first-order valence-corrected chi connectivity index (χ1v) is 13.4. The quantitative estimate of drug-likeness (QED) is 0.280. The van der Waals surface area contributed by atoms with E-state index in [9.17, 15) is 8.42 Å². The molecule has 5 rings (SSSR count). The maximum Gasteiger partial charge on any atom is 0.382 e. The van der Waals surface area contributed by atoms with Crippen LogP contribution >= 0.6 is 12.4 Å². The highest BCUT2D eigenvalue weighted by molar-refractivity contribution is 7.85. The van der Waals surface area contributed by atoms with Crippen molar-refractivity contribution >= 4 is 44.5 Å². The van der Waals surface area contributed by atoms with Crippen molar-refractivity contribution in [3.63, 3.8) is 0 Å². The lowest BCUT2D eigenvalue weighted by Gasteiger charge is -2.26. The first-order chi connectivity index (χ1) is 18.0. The summed E-state index contributed by atoms with van der Waals surface area (Å²) in [7, 11) is -1.00. The molecule has 1 fully saturated rings. The standard InChI is InChI=1S/C25H29N5O6S.ClH/c1-26-37(31,32)36-17-4-5-21-18(12-17)20(15-27-21)25-19-13-23(33-2)24(14-22(19)28-16-29-25)35-9-3-6-30-7-10-34-11-8-30;/h4-5,12-16,26-27H,3,6-11H2,1-2H3;1H. The number of H-pyrrole nitrogens is 1. The number of benzene rings is 2. The van der Waals surface area contributed by atoms with Gasteiger partial charge in [-0.05, 0) is 30.7 Å². The zero-order valence-corrected chi connectivity index (χ0v) is 22.7. The summed E-state index contributed by atoms with van der Waals surface area (Å²) in [5, 5.41) is 1.53. The number of aromatic nitrogens is 3. The predicted molar refractivity (Wildman–Crippen MR) is 147 cm³/mol. The van der Waals surface area contributed by atoms with Crippen LogP contribution in [-0.4, -0.2) is 81.9 Å². The number of ether oxygens (including phenoxy) is 3. The van der Waals surface area contributed by atoms with Crippen molar-refractivity contribution in [3.05, 3.63) is 42.9 Å². The monoisotopic (exact) mass is 563 g/mol. The molecule has 3 heterocycles. The lowest BCUT2D eigenvalue weighted by Crippen LogP contribution is -2.37. The number of hydrogen-bond acceptors (Lipinski definition) is 9. The molecule has 2 aromatic carbocycles. The van der Waals surface area contributed by atoms with E-state index in [4.69, 9.17) is 18.4 Å². The Hall–Kier alpha value is -3.16. The smallest absolute Gasteiger partial charge is 0.382 e. The molecule has 1 saturated heterocycles. The van der Waals surface area contributed by atoms with Crippen LogP contribution in [0.3, 0.4) is 0 Å². The van der Waals surface area contributed by atoms with Gasteiger partial charge in [0, 0.05) is 60.8 Å². The number of methoxy groups -OCH3 is 1. The molecule has 13 heteroatoms. The molecule has 204 valence electrons. The number of hydrogen-bond donors (Lipinski definition) is 2. The summed E-state index contributed by atoms with van der Waals surface area (Å²) >= 11 is 0. The highest BCUT2D eigenvalue weighted by Crippen LogP contribution is 2.38. The molecule has 0 unspecified atom stereocenters. The van der Waals surface area contributed by atoms with Gasteiger partial charge in [-0.15, -0.1) is 12.4 Å². The van der Waals surface area contributed by atoms with E-state index in [0.717, 1.165) is 61.1 Å². The van der Waals surface area contributed by atoms with Crippen LogP contribution in [-0.2, 0) is 15.0 Å². The molecule has 2 aromatic heterocycles. The summed E-state index contributed by atoms with van der Waals surface area (Å²) in [4.78, 5) is 14.6. The number of rotatable bonds is 10. The summed E-state index contributed by atoms with van der Waals surface area (Å²) in [6, 6.07) is 8.73. The first-order valence-electron chi connectivity index (χ1n) is 12.0. The van der Waals surface area contributed by atoms with E-state index in [1.807, 2.05) is 18.3 Å². The number of nitrogens with zero attached hydrogens (tertiary/aromatic N) is 3. The minimum Gasteiger partial charge on any atom is -0.493 e. The van der Waals surface area contributed by atoms with Crippen molar-refractivity contribution < 1.29 is 26.8 Å². The Labute approximate surface area is 227 Å². The van der Waals surface area contributed by atoms with E-state index in [0.29, 0.717) is 29.3 Å². The molecule has 0 amide bonds. The van der Waals surface area contributed by atoms with Crippen LogP contribution < -0.4 is 18.4 Å². The number of morpholine rings is 1. The van der Waals surface area contributed by atoms with Gasteiger partial charge >= 0.3 is 10.3 Å². The molecule has 38 heavy (non-hydrogen) atoms. The Kier molecular flexibility index (Phi) is 8.90. The van der Waals surface area contributed by atoms with E-state index < -0.39 is 10.3 Å². The molecule has 0 saturated carbocycles. The van der Waals surface area contributed by atoms with Crippen LogP contribution in [0.4, 0.5) is 0 Å². The minimum absolute atomic E-state index is 0. The molecule has 4 aromatic rings. The van der Waals surface area contributed by atoms with Crippen LogP contribution in [0.25, 0.3) is 33.1 Å². The molecular weight excluding hydrogens is 534 g/mol. The maximum absolute atomic E-state index is 11.9. The van der Waals surface area contributed by atoms with E-state index in [2.05, 4.69) is 24.6 Å². The number of aromatic amines is 1. The molecule has 1 aliphatic heterocycles. The summed E-state index contributed by atoms with van der Waals surface area (Å²) in [6.45, 7) is 4.96. The fourth-order valence-corrected chi connectivity index (χ4v) is 4.80. The van der Waals surface area contributed by atoms with Crippen molar-refractivity contribution in [3.8, 4) is 28.5 Å².